The molecule has 1 aromatic heterocycles. The fourth-order valence-corrected chi connectivity index (χ4v) is 3.89. The van der Waals surface area contributed by atoms with Crippen LogP contribution in [0.5, 0.6) is 0 Å². The van der Waals surface area contributed by atoms with Crippen molar-refractivity contribution < 1.29 is 0 Å². The van der Waals surface area contributed by atoms with Gasteiger partial charge in [-0.05, 0) is 31.0 Å². The molecule has 0 spiro atoms. The van der Waals surface area contributed by atoms with Crippen LogP contribution in [0, 0.1) is 0 Å². The number of fused-ring (bicyclic) bond motifs is 3. The number of rotatable bonds is 2. The van der Waals surface area contributed by atoms with E-state index in [1.54, 1.807) is 0 Å². The maximum absolute atomic E-state index is 4.91. The molecule has 1 aliphatic carbocycles. The van der Waals surface area contributed by atoms with Gasteiger partial charge in [0.25, 0.3) is 0 Å². The summed E-state index contributed by atoms with van der Waals surface area (Å²) in [5, 5.41) is 6.13. The van der Waals surface area contributed by atoms with E-state index in [1.807, 2.05) is 11.3 Å². The van der Waals surface area contributed by atoms with E-state index in [1.165, 1.54) is 30.6 Å². The zero-order chi connectivity index (χ0) is 15.2. The number of nitrogens with zero attached hydrogens (tertiary/aromatic N) is 5. The highest BCUT2D eigenvalue weighted by molar-refractivity contribution is 5.81. The lowest BCUT2D eigenvalue weighted by molar-refractivity contribution is 0.130. The minimum absolute atomic E-state index is 0.786. The maximum Gasteiger partial charge on any atom is 0.111 e. The highest BCUT2D eigenvalue weighted by atomic mass is 15.7. The summed E-state index contributed by atoms with van der Waals surface area (Å²) in [7, 11) is 0. The molecular weight excluding hydrogens is 288 g/mol. The van der Waals surface area contributed by atoms with Crippen LogP contribution in [0.25, 0.3) is 11.0 Å². The second-order valence-electron chi connectivity index (χ2n) is 6.70. The summed E-state index contributed by atoms with van der Waals surface area (Å²) in [6.07, 6.45) is 7.11. The van der Waals surface area contributed by atoms with Gasteiger partial charge in [-0.25, -0.2) is 10.4 Å². The van der Waals surface area contributed by atoms with Crippen LogP contribution >= 0.6 is 0 Å². The van der Waals surface area contributed by atoms with Crippen molar-refractivity contribution in [1.82, 2.24) is 19.9 Å². The third-order valence-electron chi connectivity index (χ3n) is 5.41. The first kappa shape index (κ1) is 13.5. The smallest absolute Gasteiger partial charge is 0.111 e. The Hall–Kier alpha value is -1.92. The van der Waals surface area contributed by atoms with Crippen LogP contribution in [0.2, 0.25) is 0 Å². The van der Waals surface area contributed by atoms with Gasteiger partial charge in [0.2, 0.25) is 0 Å². The van der Waals surface area contributed by atoms with Crippen LogP contribution in [0.3, 0.4) is 0 Å². The second-order valence-corrected chi connectivity index (χ2v) is 6.70. The van der Waals surface area contributed by atoms with Gasteiger partial charge in [0.05, 0.1) is 23.3 Å². The van der Waals surface area contributed by atoms with Crippen molar-refractivity contribution in [3.05, 3.63) is 24.0 Å². The first-order chi connectivity index (χ1) is 11.4. The fraction of sp³-hybridized carbons (Fsp3) is 0.529. The van der Waals surface area contributed by atoms with Gasteiger partial charge in [-0.1, -0.05) is 6.42 Å². The van der Waals surface area contributed by atoms with E-state index in [9.17, 15) is 0 Å². The zero-order valence-corrected chi connectivity index (χ0v) is 13.3. The predicted octanol–water partition coefficient (Wildman–Crippen LogP) is 1.76. The molecule has 0 atom stereocenters. The Kier molecular flexibility index (Phi) is 3.12. The van der Waals surface area contributed by atoms with Crippen molar-refractivity contribution in [2.75, 3.05) is 24.8 Å². The lowest BCUT2D eigenvalue weighted by Gasteiger charge is -2.36. The number of hydrazine groups is 1. The van der Waals surface area contributed by atoms with Gasteiger partial charge in [-0.2, -0.15) is 10.2 Å². The van der Waals surface area contributed by atoms with Crippen molar-refractivity contribution in [3.63, 3.8) is 0 Å². The predicted molar refractivity (Wildman–Crippen MR) is 91.6 cm³/mol. The van der Waals surface area contributed by atoms with Crippen LogP contribution in [-0.2, 0) is 13.0 Å². The maximum atomic E-state index is 4.91. The summed E-state index contributed by atoms with van der Waals surface area (Å²) in [6, 6.07) is 7.28. The summed E-state index contributed by atoms with van der Waals surface area (Å²) in [4.78, 5) is 7.58. The third kappa shape index (κ3) is 2.24. The van der Waals surface area contributed by atoms with Gasteiger partial charge in [0.15, 0.2) is 0 Å². The topological polar surface area (TPSA) is 48.7 Å². The lowest BCUT2D eigenvalue weighted by atomic mass is 9.91. The summed E-state index contributed by atoms with van der Waals surface area (Å²) < 4.78 is 2.42. The van der Waals surface area contributed by atoms with Crippen molar-refractivity contribution in [3.8, 4) is 0 Å². The van der Waals surface area contributed by atoms with Gasteiger partial charge in [-0.15, -0.1) is 0 Å². The van der Waals surface area contributed by atoms with E-state index in [-0.39, 0.29) is 0 Å². The Morgan fingerprint density at radius 3 is 2.87 bits per heavy atom. The Morgan fingerprint density at radius 2 is 2.09 bits per heavy atom. The first-order valence-electron chi connectivity index (χ1n) is 8.68. The molecule has 1 fully saturated rings. The van der Waals surface area contributed by atoms with Crippen molar-refractivity contribution in [1.29, 1.82) is 0 Å². The van der Waals surface area contributed by atoms with Gasteiger partial charge < -0.3 is 4.57 Å². The molecule has 0 radical (unpaired) electrons. The molecule has 3 aliphatic rings. The standard InChI is InChI=1S/C17H22N6/c1-2-13(3-1)21-9-6-17-20-15-12-14(23-18-7-8-19-23)4-5-16(15)22(17)11-10-21/h4-5,7,12-13,19H,1-3,6,8-11H2. The normalized spacial score (nSPS) is 22.3. The Balaban J connectivity index is 1.44. The largest absolute Gasteiger partial charge is 0.327 e. The molecule has 3 heterocycles. The average molecular weight is 310 g/mol. The van der Waals surface area contributed by atoms with Crippen molar-refractivity contribution in [2.45, 2.75) is 38.3 Å². The Labute approximate surface area is 135 Å². The number of hydrogen-bond acceptors (Lipinski definition) is 5. The highest BCUT2D eigenvalue weighted by Gasteiger charge is 2.27. The molecule has 0 amide bonds. The Morgan fingerprint density at radius 1 is 1.13 bits per heavy atom. The van der Waals surface area contributed by atoms with Gasteiger partial charge in [-0.3, -0.25) is 4.90 Å². The first-order valence-corrected chi connectivity index (χ1v) is 8.68. The molecule has 2 aliphatic heterocycles. The number of imidazole rings is 1. The molecule has 5 rings (SSSR count). The monoisotopic (exact) mass is 310 g/mol. The SMILES string of the molecule is C1=NN(c2ccc3c(c2)nc2n3CCN(C3CCC3)CC2)NC1. The number of aromatic nitrogens is 2. The third-order valence-corrected chi connectivity index (χ3v) is 5.41. The van der Waals surface area contributed by atoms with Crippen LogP contribution in [0.4, 0.5) is 5.69 Å². The van der Waals surface area contributed by atoms with E-state index >= 15 is 0 Å². The molecule has 120 valence electrons. The molecule has 6 nitrogen and oxygen atoms in total. The van der Waals surface area contributed by atoms with Gasteiger partial charge >= 0.3 is 0 Å². The van der Waals surface area contributed by atoms with E-state index in [2.05, 4.69) is 38.2 Å². The van der Waals surface area contributed by atoms with E-state index in [0.717, 1.165) is 49.8 Å². The van der Waals surface area contributed by atoms with E-state index in [0.29, 0.717) is 0 Å². The van der Waals surface area contributed by atoms with Crippen LogP contribution in [0.1, 0.15) is 25.1 Å². The quantitative estimate of drug-likeness (QED) is 0.918. The molecular formula is C17H22N6. The number of hydrogen-bond donors (Lipinski definition) is 1. The van der Waals surface area contributed by atoms with Crippen molar-refractivity contribution >= 4 is 22.9 Å². The van der Waals surface area contributed by atoms with Crippen LogP contribution in [0.15, 0.2) is 23.3 Å². The molecule has 23 heavy (non-hydrogen) atoms. The molecule has 1 aromatic carbocycles. The Bertz CT molecular complexity index is 760. The molecule has 0 saturated heterocycles. The number of nitrogens with one attached hydrogen (secondary N) is 1. The summed E-state index contributed by atoms with van der Waals surface area (Å²) in [6.45, 7) is 4.15. The molecule has 1 N–H and O–H groups in total. The van der Waals surface area contributed by atoms with Crippen molar-refractivity contribution in [2.24, 2.45) is 5.10 Å². The number of hydrazone groups is 1. The van der Waals surface area contributed by atoms with Crippen LogP contribution in [-0.4, -0.2) is 46.3 Å². The second kappa shape index (κ2) is 5.32. The highest BCUT2D eigenvalue weighted by Crippen LogP contribution is 2.28. The van der Waals surface area contributed by atoms with Crippen LogP contribution < -0.4 is 10.5 Å². The number of anilines is 1. The summed E-state index contributed by atoms with van der Waals surface area (Å²) >= 11 is 0. The van der Waals surface area contributed by atoms with E-state index < -0.39 is 0 Å². The minimum atomic E-state index is 0.786. The lowest BCUT2D eigenvalue weighted by Crippen LogP contribution is -2.41. The van der Waals surface area contributed by atoms with Gasteiger partial charge in [0.1, 0.15) is 5.82 Å². The molecule has 0 unspecified atom stereocenters. The molecule has 0 bridgehead atoms. The molecule has 6 heteroatoms. The zero-order valence-electron chi connectivity index (χ0n) is 13.3. The minimum Gasteiger partial charge on any atom is -0.327 e. The van der Waals surface area contributed by atoms with E-state index in [4.69, 9.17) is 4.98 Å². The molecule has 1 saturated carbocycles. The summed E-state index contributed by atoms with van der Waals surface area (Å²) in [5.74, 6) is 1.23. The summed E-state index contributed by atoms with van der Waals surface area (Å²) in [5.41, 5.74) is 6.60. The van der Waals surface area contributed by atoms with Gasteiger partial charge in [0, 0.05) is 38.3 Å². The number of benzene rings is 1. The average Bonchev–Trinajstić information content (AvgIpc) is 3.11. The fourth-order valence-electron chi connectivity index (χ4n) is 3.89. The molecule has 2 aromatic rings.